The highest BCUT2D eigenvalue weighted by Gasteiger charge is 2.64. The SMILES string of the molecule is CC(C)(C)OC(=O)N1CC[C@H]2C[C@@]23C1=CC(=O)c1ccccc13. The number of amides is 1. The summed E-state index contributed by atoms with van der Waals surface area (Å²) in [5.74, 6) is 0.518. The van der Waals surface area contributed by atoms with Gasteiger partial charge in [0.1, 0.15) is 5.60 Å². The molecule has 1 aromatic carbocycles. The maximum absolute atomic E-state index is 12.6. The molecule has 2 atom stereocenters. The van der Waals surface area contributed by atoms with Gasteiger partial charge in [-0.1, -0.05) is 24.3 Å². The molecule has 2 fully saturated rings. The molecule has 4 rings (SSSR count). The lowest BCUT2D eigenvalue weighted by atomic mass is 9.78. The average Bonchev–Trinajstić information content (AvgIpc) is 3.20. The number of fused-ring (bicyclic) bond motifs is 1. The van der Waals surface area contributed by atoms with E-state index in [9.17, 15) is 9.59 Å². The van der Waals surface area contributed by atoms with Crippen LogP contribution in [0.5, 0.6) is 0 Å². The van der Waals surface area contributed by atoms with Gasteiger partial charge in [-0.15, -0.1) is 0 Å². The Hall–Kier alpha value is -2.10. The molecule has 1 aromatic rings. The Morgan fingerprint density at radius 3 is 2.78 bits per heavy atom. The highest BCUT2D eigenvalue weighted by Crippen LogP contribution is 2.65. The van der Waals surface area contributed by atoms with Gasteiger partial charge in [0.2, 0.25) is 0 Å². The Morgan fingerprint density at radius 1 is 1.30 bits per heavy atom. The lowest BCUT2D eigenvalue weighted by Gasteiger charge is -2.39. The number of carbonyl (C=O) groups is 2. The molecule has 0 N–H and O–H groups in total. The third-order valence-electron chi connectivity index (χ3n) is 5.11. The lowest BCUT2D eigenvalue weighted by Crippen LogP contribution is -2.45. The van der Waals surface area contributed by atoms with Crippen molar-refractivity contribution in [2.75, 3.05) is 6.54 Å². The molecule has 0 aromatic heterocycles. The van der Waals surface area contributed by atoms with Crippen molar-refractivity contribution in [1.29, 1.82) is 0 Å². The van der Waals surface area contributed by atoms with Crippen LogP contribution >= 0.6 is 0 Å². The third kappa shape index (κ3) is 2.04. The van der Waals surface area contributed by atoms with E-state index in [4.69, 9.17) is 4.74 Å². The van der Waals surface area contributed by atoms with Gasteiger partial charge in [0.25, 0.3) is 0 Å². The number of hydrogen-bond donors (Lipinski definition) is 0. The fraction of sp³-hybridized carbons (Fsp3) is 0.474. The molecule has 1 saturated carbocycles. The van der Waals surface area contributed by atoms with Crippen LogP contribution in [0.2, 0.25) is 0 Å². The number of benzene rings is 1. The van der Waals surface area contributed by atoms with Crippen LogP contribution in [0.3, 0.4) is 0 Å². The van der Waals surface area contributed by atoms with Crippen molar-refractivity contribution in [2.45, 2.75) is 44.6 Å². The molecule has 0 bridgehead atoms. The minimum Gasteiger partial charge on any atom is -0.443 e. The molecular weight excluding hydrogens is 290 g/mol. The molecule has 0 radical (unpaired) electrons. The zero-order valence-electron chi connectivity index (χ0n) is 13.8. The summed E-state index contributed by atoms with van der Waals surface area (Å²) in [7, 11) is 0. The standard InChI is InChI=1S/C19H21NO3/c1-18(2,3)23-17(22)20-9-8-12-11-19(12)14-7-5-4-6-13(14)15(21)10-16(19)20/h4-7,10,12H,8-9,11H2,1-3H3/t12-,19+/m0/s1. The topological polar surface area (TPSA) is 46.6 Å². The maximum Gasteiger partial charge on any atom is 0.414 e. The van der Waals surface area contributed by atoms with E-state index in [0.717, 1.165) is 29.7 Å². The van der Waals surface area contributed by atoms with Crippen LogP contribution in [-0.2, 0) is 10.2 Å². The first kappa shape index (κ1) is 14.5. The predicted molar refractivity (Wildman–Crippen MR) is 86.2 cm³/mol. The van der Waals surface area contributed by atoms with Gasteiger partial charge in [0, 0.05) is 29.3 Å². The summed E-state index contributed by atoms with van der Waals surface area (Å²) in [5.41, 5.74) is 2.01. The molecule has 4 nitrogen and oxygen atoms in total. The van der Waals surface area contributed by atoms with Crippen molar-refractivity contribution in [3.05, 3.63) is 47.2 Å². The zero-order valence-corrected chi connectivity index (χ0v) is 13.8. The van der Waals surface area contributed by atoms with Crippen molar-refractivity contribution in [3.63, 3.8) is 0 Å². The van der Waals surface area contributed by atoms with Gasteiger partial charge >= 0.3 is 6.09 Å². The second-order valence-electron chi connectivity index (χ2n) is 7.73. The van der Waals surface area contributed by atoms with Crippen molar-refractivity contribution in [2.24, 2.45) is 5.92 Å². The number of piperidine rings is 1. The number of nitrogens with zero attached hydrogens (tertiary/aromatic N) is 1. The Labute approximate surface area is 136 Å². The second-order valence-corrected chi connectivity index (χ2v) is 7.73. The first-order chi connectivity index (χ1) is 10.8. The van der Waals surface area contributed by atoms with E-state index >= 15 is 0 Å². The third-order valence-corrected chi connectivity index (χ3v) is 5.11. The molecule has 1 saturated heterocycles. The largest absolute Gasteiger partial charge is 0.443 e. The monoisotopic (exact) mass is 311 g/mol. The summed E-state index contributed by atoms with van der Waals surface area (Å²) in [4.78, 5) is 26.8. The molecule has 1 amide bonds. The smallest absolute Gasteiger partial charge is 0.414 e. The molecule has 0 unspecified atom stereocenters. The van der Waals surface area contributed by atoms with Crippen LogP contribution in [0.4, 0.5) is 4.79 Å². The molecule has 1 heterocycles. The average molecular weight is 311 g/mol. The maximum atomic E-state index is 12.6. The quantitative estimate of drug-likeness (QED) is 0.734. The predicted octanol–water partition coefficient (Wildman–Crippen LogP) is 3.67. The van der Waals surface area contributed by atoms with Gasteiger partial charge in [0.05, 0.1) is 0 Å². The molecular formula is C19H21NO3. The summed E-state index contributed by atoms with van der Waals surface area (Å²) in [5, 5.41) is 0. The molecule has 3 aliphatic rings. The van der Waals surface area contributed by atoms with Crippen LogP contribution in [-0.4, -0.2) is 28.9 Å². The van der Waals surface area contributed by atoms with Crippen LogP contribution < -0.4 is 0 Å². The van der Waals surface area contributed by atoms with Gasteiger partial charge in [-0.3, -0.25) is 9.69 Å². The van der Waals surface area contributed by atoms with Gasteiger partial charge in [-0.25, -0.2) is 4.79 Å². The van der Waals surface area contributed by atoms with E-state index < -0.39 is 5.60 Å². The number of ketones is 1. The number of carbonyl (C=O) groups excluding carboxylic acids is 2. The first-order valence-electron chi connectivity index (χ1n) is 8.19. The Balaban J connectivity index is 1.76. The number of hydrogen-bond acceptors (Lipinski definition) is 3. The second kappa shape index (κ2) is 4.47. The van der Waals surface area contributed by atoms with E-state index in [-0.39, 0.29) is 17.3 Å². The minimum absolute atomic E-state index is 0.0117. The van der Waals surface area contributed by atoms with Crippen molar-refractivity contribution in [1.82, 2.24) is 4.90 Å². The van der Waals surface area contributed by atoms with Crippen LogP contribution in [0, 0.1) is 5.92 Å². The number of allylic oxidation sites excluding steroid dienone is 2. The van der Waals surface area contributed by atoms with Gasteiger partial charge in [0.15, 0.2) is 5.78 Å². The van der Waals surface area contributed by atoms with Crippen molar-refractivity contribution in [3.8, 4) is 0 Å². The highest BCUT2D eigenvalue weighted by atomic mass is 16.6. The number of ether oxygens (including phenoxy) is 1. The molecule has 1 spiro atoms. The van der Waals surface area contributed by atoms with Crippen LogP contribution in [0.25, 0.3) is 0 Å². The Morgan fingerprint density at radius 2 is 2.04 bits per heavy atom. The van der Waals surface area contributed by atoms with Crippen molar-refractivity contribution >= 4 is 11.9 Å². The van der Waals surface area contributed by atoms with Crippen molar-refractivity contribution < 1.29 is 14.3 Å². The minimum atomic E-state index is -0.540. The van der Waals surface area contributed by atoms with Gasteiger partial charge in [-0.05, 0) is 45.1 Å². The zero-order chi connectivity index (χ0) is 16.4. The summed E-state index contributed by atoms with van der Waals surface area (Å²) in [6.07, 6.45) is 3.29. The Kier molecular flexibility index (Phi) is 2.81. The van der Waals surface area contributed by atoms with E-state index in [1.165, 1.54) is 0 Å². The molecule has 2 aliphatic carbocycles. The summed E-state index contributed by atoms with van der Waals surface area (Å²) in [6, 6.07) is 7.81. The number of likely N-dealkylation sites (tertiary alicyclic amines) is 1. The number of rotatable bonds is 0. The molecule has 4 heteroatoms. The molecule has 120 valence electrons. The van der Waals surface area contributed by atoms with E-state index in [1.54, 1.807) is 11.0 Å². The normalized spacial score (nSPS) is 28.3. The fourth-order valence-electron chi connectivity index (χ4n) is 4.11. The summed E-state index contributed by atoms with van der Waals surface area (Å²) < 4.78 is 5.55. The molecule has 1 aliphatic heterocycles. The molecule has 23 heavy (non-hydrogen) atoms. The first-order valence-corrected chi connectivity index (χ1v) is 8.19. The Bertz CT molecular complexity index is 743. The van der Waals surface area contributed by atoms with Gasteiger partial charge in [-0.2, -0.15) is 0 Å². The van der Waals surface area contributed by atoms with Crippen LogP contribution in [0.1, 0.15) is 49.5 Å². The fourth-order valence-corrected chi connectivity index (χ4v) is 4.11. The summed E-state index contributed by atoms with van der Waals surface area (Å²) >= 11 is 0. The lowest BCUT2D eigenvalue weighted by molar-refractivity contribution is 0.0272. The van der Waals surface area contributed by atoms with Crippen LogP contribution in [0.15, 0.2) is 36.0 Å². The van der Waals surface area contributed by atoms with E-state index in [1.807, 2.05) is 45.0 Å². The highest BCUT2D eigenvalue weighted by molar-refractivity contribution is 6.09. The van der Waals surface area contributed by atoms with Gasteiger partial charge < -0.3 is 4.74 Å². The van der Waals surface area contributed by atoms with E-state index in [2.05, 4.69) is 0 Å². The van der Waals surface area contributed by atoms with E-state index in [0.29, 0.717) is 12.5 Å². The summed E-state index contributed by atoms with van der Waals surface area (Å²) in [6.45, 7) is 6.21.